The van der Waals surface area contributed by atoms with Gasteiger partial charge < -0.3 is 10.4 Å². The SMILES string of the molecule is CCCCC(=O)Nc1ccc(C(=O)O)c(Cl)c1. The van der Waals surface area contributed by atoms with E-state index in [4.69, 9.17) is 16.7 Å². The zero-order chi connectivity index (χ0) is 12.8. The molecule has 1 aromatic rings. The number of aromatic carboxylic acids is 1. The highest BCUT2D eigenvalue weighted by Gasteiger charge is 2.09. The summed E-state index contributed by atoms with van der Waals surface area (Å²) < 4.78 is 0. The number of halogens is 1. The normalized spacial score (nSPS) is 10.0. The number of carboxylic acid groups (broad SMARTS) is 1. The average molecular weight is 256 g/mol. The van der Waals surface area contributed by atoms with Gasteiger partial charge in [-0.15, -0.1) is 0 Å². The minimum Gasteiger partial charge on any atom is -0.478 e. The summed E-state index contributed by atoms with van der Waals surface area (Å²) in [5.74, 6) is -1.18. The molecule has 1 aromatic carbocycles. The maximum Gasteiger partial charge on any atom is 0.337 e. The van der Waals surface area contributed by atoms with Crippen molar-refractivity contribution in [3.05, 3.63) is 28.8 Å². The van der Waals surface area contributed by atoms with E-state index in [2.05, 4.69) is 5.32 Å². The lowest BCUT2D eigenvalue weighted by molar-refractivity contribution is -0.116. The molecule has 0 bridgehead atoms. The predicted molar refractivity (Wildman–Crippen MR) is 66.6 cm³/mol. The quantitative estimate of drug-likeness (QED) is 0.849. The molecule has 17 heavy (non-hydrogen) atoms. The number of unbranched alkanes of at least 4 members (excludes halogenated alkanes) is 1. The molecule has 0 fully saturated rings. The lowest BCUT2D eigenvalue weighted by Crippen LogP contribution is -2.11. The van der Waals surface area contributed by atoms with Crippen LogP contribution in [0.15, 0.2) is 18.2 Å². The Morgan fingerprint density at radius 1 is 1.41 bits per heavy atom. The Balaban J connectivity index is 2.70. The molecule has 0 aliphatic rings. The Labute approximate surface area is 105 Å². The largest absolute Gasteiger partial charge is 0.478 e. The molecule has 0 saturated heterocycles. The lowest BCUT2D eigenvalue weighted by atomic mass is 10.2. The number of anilines is 1. The van der Waals surface area contributed by atoms with E-state index in [0.717, 1.165) is 12.8 Å². The van der Waals surface area contributed by atoms with Crippen molar-refractivity contribution in [2.45, 2.75) is 26.2 Å². The average Bonchev–Trinajstić information content (AvgIpc) is 2.26. The van der Waals surface area contributed by atoms with E-state index in [1.807, 2.05) is 6.92 Å². The Bertz CT molecular complexity index is 432. The van der Waals surface area contributed by atoms with E-state index in [1.54, 1.807) is 0 Å². The molecule has 5 heteroatoms. The molecule has 1 rings (SSSR count). The van der Waals surface area contributed by atoms with Gasteiger partial charge in [0.2, 0.25) is 5.91 Å². The number of benzene rings is 1. The maximum atomic E-state index is 11.4. The van der Waals surface area contributed by atoms with E-state index in [0.29, 0.717) is 12.1 Å². The van der Waals surface area contributed by atoms with Crippen LogP contribution in [-0.2, 0) is 4.79 Å². The summed E-state index contributed by atoms with van der Waals surface area (Å²) in [6.07, 6.45) is 2.23. The summed E-state index contributed by atoms with van der Waals surface area (Å²) in [4.78, 5) is 22.2. The highest BCUT2D eigenvalue weighted by molar-refractivity contribution is 6.33. The van der Waals surface area contributed by atoms with Crippen molar-refractivity contribution in [3.8, 4) is 0 Å². The van der Waals surface area contributed by atoms with Crippen LogP contribution < -0.4 is 5.32 Å². The van der Waals surface area contributed by atoms with Crippen LogP contribution in [0, 0.1) is 0 Å². The number of amides is 1. The van der Waals surface area contributed by atoms with Gasteiger partial charge in [0.25, 0.3) is 0 Å². The first-order valence-corrected chi connectivity index (χ1v) is 5.75. The molecular formula is C12H14ClNO3. The van der Waals surface area contributed by atoms with Crippen LogP contribution >= 0.6 is 11.6 Å². The summed E-state index contributed by atoms with van der Waals surface area (Å²) >= 11 is 5.78. The molecule has 2 N–H and O–H groups in total. The minimum absolute atomic E-state index is 0.0261. The van der Waals surface area contributed by atoms with Crippen LogP contribution in [0.5, 0.6) is 0 Å². The molecule has 0 heterocycles. The van der Waals surface area contributed by atoms with Gasteiger partial charge in [-0.25, -0.2) is 4.79 Å². The highest BCUT2D eigenvalue weighted by atomic mass is 35.5. The van der Waals surface area contributed by atoms with Crippen LogP contribution in [0.25, 0.3) is 0 Å². The highest BCUT2D eigenvalue weighted by Crippen LogP contribution is 2.21. The van der Waals surface area contributed by atoms with Gasteiger partial charge in [0.05, 0.1) is 10.6 Å². The molecule has 0 saturated carbocycles. The second-order valence-electron chi connectivity index (χ2n) is 3.65. The van der Waals surface area contributed by atoms with Crippen LogP contribution in [-0.4, -0.2) is 17.0 Å². The van der Waals surface area contributed by atoms with Gasteiger partial charge in [-0.3, -0.25) is 4.79 Å². The molecular weight excluding hydrogens is 242 g/mol. The van der Waals surface area contributed by atoms with Crippen LogP contribution in [0.2, 0.25) is 5.02 Å². The fourth-order valence-electron chi connectivity index (χ4n) is 1.33. The predicted octanol–water partition coefficient (Wildman–Crippen LogP) is 3.17. The molecule has 0 radical (unpaired) electrons. The first-order valence-electron chi connectivity index (χ1n) is 5.37. The van der Waals surface area contributed by atoms with Gasteiger partial charge in [0, 0.05) is 12.1 Å². The summed E-state index contributed by atoms with van der Waals surface area (Å²) in [5.41, 5.74) is 0.541. The summed E-state index contributed by atoms with van der Waals surface area (Å²) in [6, 6.07) is 4.34. The zero-order valence-electron chi connectivity index (χ0n) is 9.50. The number of nitrogens with one attached hydrogen (secondary N) is 1. The second-order valence-corrected chi connectivity index (χ2v) is 4.06. The molecule has 0 aromatic heterocycles. The first-order chi connectivity index (χ1) is 8.04. The third-order valence-corrected chi connectivity index (χ3v) is 2.55. The van der Waals surface area contributed by atoms with Crippen LogP contribution in [0.4, 0.5) is 5.69 Å². The maximum absolute atomic E-state index is 11.4. The fourth-order valence-corrected chi connectivity index (χ4v) is 1.59. The molecule has 0 aliphatic carbocycles. The number of carbonyl (C=O) groups is 2. The van der Waals surface area contributed by atoms with Crippen molar-refractivity contribution >= 4 is 29.2 Å². The van der Waals surface area contributed by atoms with Crippen molar-refractivity contribution in [1.82, 2.24) is 0 Å². The Morgan fingerprint density at radius 2 is 2.12 bits per heavy atom. The third-order valence-electron chi connectivity index (χ3n) is 2.24. The number of carbonyl (C=O) groups excluding carboxylic acids is 1. The number of rotatable bonds is 5. The lowest BCUT2D eigenvalue weighted by Gasteiger charge is -2.06. The topological polar surface area (TPSA) is 66.4 Å². The molecule has 0 unspecified atom stereocenters. The van der Waals surface area contributed by atoms with Gasteiger partial charge in [0.15, 0.2) is 0 Å². The molecule has 0 atom stereocenters. The van der Waals surface area contributed by atoms with Gasteiger partial charge in [-0.05, 0) is 24.6 Å². The summed E-state index contributed by atoms with van der Waals surface area (Å²) in [5, 5.41) is 11.6. The van der Waals surface area contributed by atoms with Crippen LogP contribution in [0.3, 0.4) is 0 Å². The van der Waals surface area contributed by atoms with Crippen molar-refractivity contribution in [1.29, 1.82) is 0 Å². The van der Waals surface area contributed by atoms with Gasteiger partial charge in [-0.1, -0.05) is 24.9 Å². The number of carboxylic acids is 1. The third kappa shape index (κ3) is 4.07. The van der Waals surface area contributed by atoms with E-state index in [9.17, 15) is 9.59 Å². The Morgan fingerprint density at radius 3 is 2.65 bits per heavy atom. The van der Waals surface area contributed by atoms with E-state index < -0.39 is 5.97 Å². The monoisotopic (exact) mass is 255 g/mol. The summed E-state index contributed by atoms with van der Waals surface area (Å²) in [7, 11) is 0. The van der Waals surface area contributed by atoms with Crippen molar-refractivity contribution in [2.24, 2.45) is 0 Å². The minimum atomic E-state index is -1.08. The van der Waals surface area contributed by atoms with E-state index in [1.165, 1.54) is 18.2 Å². The molecule has 4 nitrogen and oxygen atoms in total. The van der Waals surface area contributed by atoms with Crippen LogP contribution in [0.1, 0.15) is 36.5 Å². The van der Waals surface area contributed by atoms with Crippen molar-refractivity contribution in [2.75, 3.05) is 5.32 Å². The molecule has 92 valence electrons. The van der Waals surface area contributed by atoms with Crippen molar-refractivity contribution in [3.63, 3.8) is 0 Å². The first kappa shape index (κ1) is 13.5. The zero-order valence-corrected chi connectivity index (χ0v) is 10.3. The summed E-state index contributed by atoms with van der Waals surface area (Å²) in [6.45, 7) is 2.01. The molecule has 0 aliphatic heterocycles. The number of hydrogen-bond acceptors (Lipinski definition) is 2. The van der Waals surface area contributed by atoms with Crippen molar-refractivity contribution < 1.29 is 14.7 Å². The second kappa shape index (κ2) is 6.25. The van der Waals surface area contributed by atoms with E-state index >= 15 is 0 Å². The Kier molecular flexibility index (Phi) is 4.97. The smallest absolute Gasteiger partial charge is 0.337 e. The number of hydrogen-bond donors (Lipinski definition) is 2. The Hall–Kier alpha value is -1.55. The fraction of sp³-hybridized carbons (Fsp3) is 0.333. The molecule has 0 spiro atoms. The van der Waals surface area contributed by atoms with Gasteiger partial charge in [-0.2, -0.15) is 0 Å². The van der Waals surface area contributed by atoms with Gasteiger partial charge >= 0.3 is 5.97 Å². The van der Waals surface area contributed by atoms with E-state index in [-0.39, 0.29) is 16.5 Å². The standard InChI is InChI=1S/C12H14ClNO3/c1-2-3-4-11(15)14-8-5-6-9(12(16)17)10(13)7-8/h5-7H,2-4H2,1H3,(H,14,15)(H,16,17). The molecule has 1 amide bonds. The van der Waals surface area contributed by atoms with Gasteiger partial charge in [0.1, 0.15) is 0 Å².